The Hall–Kier alpha value is -1.59. The summed E-state index contributed by atoms with van der Waals surface area (Å²) in [4.78, 5) is 13.9. The van der Waals surface area contributed by atoms with Gasteiger partial charge in [0.15, 0.2) is 0 Å². The van der Waals surface area contributed by atoms with E-state index in [2.05, 4.69) is 36.5 Å². The summed E-state index contributed by atoms with van der Waals surface area (Å²) in [5.74, 6) is -0.00847. The predicted molar refractivity (Wildman–Crippen MR) is 84.3 cm³/mol. The summed E-state index contributed by atoms with van der Waals surface area (Å²) in [7, 11) is 1.56. The van der Waals surface area contributed by atoms with E-state index in [1.807, 2.05) is 4.90 Å². The largest absolute Gasteiger partial charge is 0.383 e. The summed E-state index contributed by atoms with van der Waals surface area (Å²) < 4.78 is 4.94. The Morgan fingerprint density at radius 3 is 2.81 bits per heavy atom. The van der Waals surface area contributed by atoms with E-state index in [1.54, 1.807) is 7.11 Å². The van der Waals surface area contributed by atoms with Crippen LogP contribution in [0.3, 0.4) is 0 Å². The van der Waals surface area contributed by atoms with Crippen molar-refractivity contribution in [2.45, 2.75) is 31.8 Å². The van der Waals surface area contributed by atoms with Gasteiger partial charge in [0.2, 0.25) is 5.91 Å². The molecule has 21 heavy (non-hydrogen) atoms. The van der Waals surface area contributed by atoms with Gasteiger partial charge in [0.1, 0.15) is 6.04 Å². The predicted octanol–water partition coefficient (Wildman–Crippen LogP) is 1.37. The molecule has 0 aliphatic carbocycles. The van der Waals surface area contributed by atoms with Crippen molar-refractivity contribution in [3.05, 3.63) is 29.8 Å². The van der Waals surface area contributed by atoms with Crippen LogP contribution < -0.4 is 11.1 Å². The normalized spacial score (nSPS) is 17.6. The van der Waals surface area contributed by atoms with E-state index < -0.39 is 6.04 Å². The van der Waals surface area contributed by atoms with Crippen molar-refractivity contribution in [2.75, 3.05) is 32.1 Å². The minimum atomic E-state index is -0.545. The highest BCUT2D eigenvalue weighted by Crippen LogP contribution is 2.18. The second-order valence-corrected chi connectivity index (χ2v) is 5.68. The number of carbonyl (C=O) groups excluding carboxylic acids is 1. The molecule has 1 aromatic rings. The van der Waals surface area contributed by atoms with Crippen LogP contribution in [0.5, 0.6) is 0 Å². The number of rotatable bonds is 5. The number of piperidine rings is 1. The maximum atomic E-state index is 12.1. The van der Waals surface area contributed by atoms with Gasteiger partial charge in [0.05, 0.1) is 6.61 Å². The monoisotopic (exact) mass is 291 g/mol. The third kappa shape index (κ3) is 4.44. The molecule has 0 saturated carbocycles. The van der Waals surface area contributed by atoms with E-state index in [9.17, 15) is 4.79 Å². The molecule has 2 rings (SSSR count). The fourth-order valence-corrected chi connectivity index (χ4v) is 2.70. The molecule has 0 aromatic heterocycles. The molecule has 1 unspecified atom stereocenters. The fraction of sp³-hybridized carbons (Fsp3) is 0.562. The van der Waals surface area contributed by atoms with Gasteiger partial charge >= 0.3 is 0 Å². The number of nitrogens with two attached hydrogens (primary N) is 1. The Kier molecular flexibility index (Phi) is 5.59. The number of nitrogens with zero attached hydrogens (tertiary/aromatic N) is 1. The Morgan fingerprint density at radius 2 is 2.19 bits per heavy atom. The molecule has 3 N–H and O–H groups in total. The lowest BCUT2D eigenvalue weighted by molar-refractivity contribution is -0.134. The number of hydrogen-bond acceptors (Lipinski definition) is 4. The topological polar surface area (TPSA) is 67.6 Å². The van der Waals surface area contributed by atoms with Gasteiger partial charge in [-0.1, -0.05) is 12.1 Å². The van der Waals surface area contributed by atoms with E-state index in [0.29, 0.717) is 6.04 Å². The summed E-state index contributed by atoms with van der Waals surface area (Å²) in [6, 6.07) is 8.24. The maximum absolute atomic E-state index is 12.1. The lowest BCUT2D eigenvalue weighted by Gasteiger charge is -2.34. The molecular weight excluding hydrogens is 266 g/mol. The molecule has 1 saturated heterocycles. The molecule has 0 spiro atoms. The number of hydrogen-bond donors (Lipinski definition) is 2. The maximum Gasteiger partial charge on any atom is 0.241 e. The Morgan fingerprint density at radius 1 is 1.48 bits per heavy atom. The van der Waals surface area contributed by atoms with Gasteiger partial charge in [-0.25, -0.2) is 0 Å². The first-order valence-electron chi connectivity index (χ1n) is 7.46. The van der Waals surface area contributed by atoms with Crippen LogP contribution in [0, 0.1) is 6.92 Å². The number of likely N-dealkylation sites (tertiary alicyclic amines) is 1. The number of carbonyl (C=O) groups is 1. The molecule has 1 amide bonds. The molecule has 5 heteroatoms. The Balaban J connectivity index is 1.82. The lowest BCUT2D eigenvalue weighted by Crippen LogP contribution is -2.50. The van der Waals surface area contributed by atoms with Crippen molar-refractivity contribution < 1.29 is 9.53 Å². The van der Waals surface area contributed by atoms with Crippen molar-refractivity contribution in [3.63, 3.8) is 0 Å². The van der Waals surface area contributed by atoms with Crippen molar-refractivity contribution >= 4 is 11.6 Å². The number of benzene rings is 1. The quantitative estimate of drug-likeness (QED) is 0.860. The van der Waals surface area contributed by atoms with E-state index >= 15 is 0 Å². The van der Waals surface area contributed by atoms with Gasteiger partial charge in [0, 0.05) is 31.9 Å². The number of amides is 1. The van der Waals surface area contributed by atoms with Gasteiger partial charge in [-0.3, -0.25) is 4.79 Å². The first kappa shape index (κ1) is 15.8. The Labute approximate surface area is 126 Å². The first-order valence-corrected chi connectivity index (χ1v) is 7.46. The zero-order chi connectivity index (χ0) is 15.2. The van der Waals surface area contributed by atoms with Crippen LogP contribution in [0.2, 0.25) is 0 Å². The van der Waals surface area contributed by atoms with Crippen LogP contribution in [0.15, 0.2) is 24.3 Å². The third-order valence-electron chi connectivity index (χ3n) is 3.86. The standard InChI is InChI=1S/C16H25N3O2/c1-12-4-3-5-14(10-12)18-13-6-8-19(9-7-13)16(20)15(17)11-21-2/h3-5,10,13,15,18H,6-9,11,17H2,1-2H3. The molecule has 116 valence electrons. The smallest absolute Gasteiger partial charge is 0.241 e. The van der Waals surface area contributed by atoms with Crippen LogP contribution in [0.25, 0.3) is 0 Å². The highest BCUT2D eigenvalue weighted by Gasteiger charge is 2.26. The van der Waals surface area contributed by atoms with Crippen molar-refractivity contribution in [2.24, 2.45) is 5.73 Å². The second kappa shape index (κ2) is 7.43. The molecule has 0 bridgehead atoms. The Bertz CT molecular complexity index is 470. The third-order valence-corrected chi connectivity index (χ3v) is 3.86. The average molecular weight is 291 g/mol. The van der Waals surface area contributed by atoms with Gasteiger partial charge in [-0.15, -0.1) is 0 Å². The highest BCUT2D eigenvalue weighted by atomic mass is 16.5. The highest BCUT2D eigenvalue weighted by molar-refractivity contribution is 5.81. The summed E-state index contributed by atoms with van der Waals surface area (Å²) >= 11 is 0. The molecule has 1 aromatic carbocycles. The van der Waals surface area contributed by atoms with Crippen LogP contribution in [0.1, 0.15) is 18.4 Å². The SMILES string of the molecule is COCC(N)C(=O)N1CCC(Nc2cccc(C)c2)CC1. The number of anilines is 1. The number of aryl methyl sites for hydroxylation is 1. The fourth-order valence-electron chi connectivity index (χ4n) is 2.70. The van der Waals surface area contributed by atoms with Crippen molar-refractivity contribution in [3.8, 4) is 0 Å². The minimum Gasteiger partial charge on any atom is -0.383 e. The minimum absolute atomic E-state index is 0.00847. The summed E-state index contributed by atoms with van der Waals surface area (Å²) in [6.45, 7) is 3.86. The summed E-state index contributed by atoms with van der Waals surface area (Å²) in [5.41, 5.74) is 8.20. The van der Waals surface area contributed by atoms with Gasteiger partial charge in [-0.2, -0.15) is 0 Å². The first-order chi connectivity index (χ1) is 10.1. The molecular formula is C16H25N3O2. The molecule has 1 fully saturated rings. The molecule has 1 atom stereocenters. The zero-order valence-corrected chi connectivity index (χ0v) is 12.8. The molecule has 1 heterocycles. The second-order valence-electron chi connectivity index (χ2n) is 5.68. The number of ether oxygens (including phenoxy) is 1. The molecule has 0 radical (unpaired) electrons. The van der Waals surface area contributed by atoms with Crippen molar-refractivity contribution in [1.82, 2.24) is 4.90 Å². The van der Waals surface area contributed by atoms with Crippen LogP contribution in [-0.4, -0.2) is 49.7 Å². The number of methoxy groups -OCH3 is 1. The lowest BCUT2D eigenvalue weighted by atomic mass is 10.0. The number of nitrogens with one attached hydrogen (secondary N) is 1. The van der Waals surface area contributed by atoms with E-state index in [-0.39, 0.29) is 12.5 Å². The zero-order valence-electron chi connectivity index (χ0n) is 12.8. The van der Waals surface area contributed by atoms with Gasteiger partial charge < -0.3 is 20.7 Å². The average Bonchev–Trinajstić information content (AvgIpc) is 2.47. The van der Waals surface area contributed by atoms with Crippen LogP contribution in [0.4, 0.5) is 5.69 Å². The summed E-state index contributed by atoms with van der Waals surface area (Å²) in [5, 5.41) is 3.54. The van der Waals surface area contributed by atoms with Gasteiger partial charge in [0.25, 0.3) is 0 Å². The van der Waals surface area contributed by atoms with Gasteiger partial charge in [-0.05, 0) is 37.5 Å². The van der Waals surface area contributed by atoms with Crippen LogP contribution in [-0.2, 0) is 9.53 Å². The molecule has 1 aliphatic heterocycles. The summed E-state index contributed by atoms with van der Waals surface area (Å²) in [6.07, 6.45) is 1.89. The van der Waals surface area contributed by atoms with Crippen LogP contribution >= 0.6 is 0 Å². The van der Waals surface area contributed by atoms with E-state index in [4.69, 9.17) is 10.5 Å². The van der Waals surface area contributed by atoms with Crippen molar-refractivity contribution in [1.29, 1.82) is 0 Å². The molecule has 5 nitrogen and oxygen atoms in total. The van der Waals surface area contributed by atoms with E-state index in [1.165, 1.54) is 5.56 Å². The molecule has 1 aliphatic rings. The van der Waals surface area contributed by atoms with E-state index in [0.717, 1.165) is 31.6 Å².